The molecule has 1 aliphatic heterocycles. The van der Waals surface area contributed by atoms with Gasteiger partial charge in [0.15, 0.2) is 0 Å². The molecule has 224 valence electrons. The molecule has 1 heterocycles. The third-order valence-corrected chi connectivity index (χ3v) is 9.91. The van der Waals surface area contributed by atoms with Crippen LogP contribution in [-0.2, 0) is 32.2 Å². The molecule has 2 N–H and O–H groups in total. The maximum Gasteiger partial charge on any atom is 0.416 e. The molecule has 0 aromatic heterocycles. The fraction of sp³-hybridized carbons (Fsp3) is 0.533. The van der Waals surface area contributed by atoms with Gasteiger partial charge >= 0.3 is 6.18 Å². The van der Waals surface area contributed by atoms with Crippen LogP contribution in [0.5, 0.6) is 0 Å². The first kappa shape index (κ1) is 31.0. The summed E-state index contributed by atoms with van der Waals surface area (Å²) in [5.41, 5.74) is 0.809. The molecule has 2 aromatic rings. The van der Waals surface area contributed by atoms with Crippen LogP contribution in [0.15, 0.2) is 53.4 Å². The molecule has 0 bridgehead atoms. The molecule has 2 amide bonds. The van der Waals surface area contributed by atoms with Crippen molar-refractivity contribution in [3.8, 4) is 0 Å². The Labute approximate surface area is 239 Å². The molecule has 1 saturated carbocycles. The summed E-state index contributed by atoms with van der Waals surface area (Å²) in [4.78, 5) is 26.4. The van der Waals surface area contributed by atoms with Gasteiger partial charge in [-0.05, 0) is 62.3 Å². The number of hydrogen-bond acceptors (Lipinski definition) is 4. The monoisotopic (exact) mass is 593 g/mol. The lowest BCUT2D eigenvalue weighted by molar-refractivity contribution is -0.137. The van der Waals surface area contributed by atoms with Crippen LogP contribution in [0.3, 0.4) is 0 Å². The molecule has 11 heteroatoms. The highest BCUT2D eigenvalue weighted by molar-refractivity contribution is 7.89. The highest BCUT2D eigenvalue weighted by atomic mass is 32.2. The lowest BCUT2D eigenvalue weighted by Crippen LogP contribution is -2.57. The van der Waals surface area contributed by atoms with Gasteiger partial charge < -0.3 is 10.6 Å². The molecular formula is C30H38F3N3O4S. The molecule has 0 unspecified atom stereocenters. The van der Waals surface area contributed by atoms with E-state index in [0.29, 0.717) is 31.4 Å². The first-order valence-corrected chi connectivity index (χ1v) is 15.7. The van der Waals surface area contributed by atoms with Crippen molar-refractivity contribution >= 4 is 21.8 Å². The number of piperidine rings is 1. The first-order chi connectivity index (χ1) is 19.4. The van der Waals surface area contributed by atoms with E-state index in [2.05, 4.69) is 10.6 Å². The summed E-state index contributed by atoms with van der Waals surface area (Å²) >= 11 is 0. The summed E-state index contributed by atoms with van der Waals surface area (Å²) in [6.07, 6.45) is 2.28. The number of halogens is 3. The van der Waals surface area contributed by atoms with Crippen LogP contribution in [0.2, 0.25) is 0 Å². The van der Waals surface area contributed by atoms with E-state index < -0.39 is 44.6 Å². The Hall–Kier alpha value is -2.92. The normalized spacial score (nSPS) is 19.9. The predicted octanol–water partition coefficient (Wildman–Crippen LogP) is 4.98. The number of carbonyl (C=O) groups excluding carboxylic acids is 2. The zero-order valence-corrected chi connectivity index (χ0v) is 24.1. The van der Waals surface area contributed by atoms with Gasteiger partial charge in [0.1, 0.15) is 12.1 Å². The van der Waals surface area contributed by atoms with Gasteiger partial charge in [0.2, 0.25) is 21.8 Å². The average molecular weight is 594 g/mol. The molecule has 2 atom stereocenters. The second kappa shape index (κ2) is 13.4. The van der Waals surface area contributed by atoms with Crippen LogP contribution in [0, 0.1) is 12.8 Å². The number of sulfonamides is 1. The van der Waals surface area contributed by atoms with Crippen LogP contribution in [0.25, 0.3) is 0 Å². The summed E-state index contributed by atoms with van der Waals surface area (Å²) in [6.45, 7) is 2.45. The van der Waals surface area contributed by atoms with E-state index in [0.717, 1.165) is 59.3 Å². The van der Waals surface area contributed by atoms with Gasteiger partial charge in [-0.1, -0.05) is 61.6 Å². The number of rotatable bonds is 9. The number of nitrogens with zero attached hydrogens (tertiary/aromatic N) is 1. The van der Waals surface area contributed by atoms with Crippen molar-refractivity contribution < 1.29 is 31.2 Å². The van der Waals surface area contributed by atoms with E-state index in [1.165, 1.54) is 6.42 Å². The van der Waals surface area contributed by atoms with Crippen molar-refractivity contribution in [2.75, 3.05) is 13.1 Å². The van der Waals surface area contributed by atoms with Crippen LogP contribution >= 0.6 is 0 Å². The van der Waals surface area contributed by atoms with E-state index >= 15 is 0 Å². The number of nitrogens with one attached hydrogen (secondary N) is 2. The average Bonchev–Trinajstić information content (AvgIpc) is 2.96. The van der Waals surface area contributed by atoms with Gasteiger partial charge in [0, 0.05) is 19.5 Å². The van der Waals surface area contributed by atoms with Crippen LogP contribution in [0.4, 0.5) is 13.2 Å². The molecule has 4 rings (SSSR count). The SMILES string of the molecule is Cc1ccc(C[C@H](NC(=O)[C@@H]2CCCCN2S(=O)(=O)c2cccc(C(F)(F)F)c2)C(=O)NCC2CCCCC2)cc1. The lowest BCUT2D eigenvalue weighted by Gasteiger charge is -2.34. The smallest absolute Gasteiger partial charge is 0.354 e. The maximum absolute atomic E-state index is 13.6. The second-order valence-electron chi connectivity index (χ2n) is 11.2. The fourth-order valence-electron chi connectivity index (χ4n) is 5.62. The summed E-state index contributed by atoms with van der Waals surface area (Å²) in [5.74, 6) is -0.590. The van der Waals surface area contributed by atoms with Crippen molar-refractivity contribution in [1.82, 2.24) is 14.9 Å². The molecule has 7 nitrogen and oxygen atoms in total. The van der Waals surface area contributed by atoms with Gasteiger partial charge in [-0.25, -0.2) is 8.42 Å². The minimum Gasteiger partial charge on any atom is -0.354 e. The number of hydrogen-bond donors (Lipinski definition) is 2. The molecule has 0 radical (unpaired) electrons. The molecule has 2 fully saturated rings. The Morgan fingerprint density at radius 1 is 0.976 bits per heavy atom. The van der Waals surface area contributed by atoms with Gasteiger partial charge in [-0.3, -0.25) is 9.59 Å². The van der Waals surface area contributed by atoms with Crippen molar-refractivity contribution in [3.05, 3.63) is 65.2 Å². The molecule has 1 saturated heterocycles. The van der Waals surface area contributed by atoms with Gasteiger partial charge in [-0.2, -0.15) is 17.5 Å². The minimum absolute atomic E-state index is 0.00678. The Kier molecular flexibility index (Phi) is 10.1. The number of carbonyl (C=O) groups is 2. The lowest BCUT2D eigenvalue weighted by atomic mass is 9.89. The van der Waals surface area contributed by atoms with E-state index in [1.54, 1.807) is 0 Å². The second-order valence-corrected chi connectivity index (χ2v) is 13.0. The summed E-state index contributed by atoms with van der Waals surface area (Å²) < 4.78 is 67.9. The van der Waals surface area contributed by atoms with Crippen molar-refractivity contribution in [3.63, 3.8) is 0 Å². The number of amides is 2. The van der Waals surface area contributed by atoms with Gasteiger partial charge in [0.25, 0.3) is 0 Å². The highest BCUT2D eigenvalue weighted by Crippen LogP contribution is 2.32. The van der Waals surface area contributed by atoms with Crippen LogP contribution in [-0.4, -0.2) is 49.7 Å². The van der Waals surface area contributed by atoms with E-state index in [1.807, 2.05) is 31.2 Å². The molecule has 0 spiro atoms. The Balaban J connectivity index is 1.53. The Bertz CT molecular complexity index is 1310. The maximum atomic E-state index is 13.6. The number of aryl methyl sites for hydroxylation is 1. The van der Waals surface area contributed by atoms with E-state index in [9.17, 15) is 31.2 Å². The summed E-state index contributed by atoms with van der Waals surface area (Å²) in [7, 11) is -4.41. The van der Waals surface area contributed by atoms with E-state index in [-0.39, 0.29) is 25.3 Å². The Morgan fingerprint density at radius 3 is 2.34 bits per heavy atom. The first-order valence-electron chi connectivity index (χ1n) is 14.3. The minimum atomic E-state index is -4.71. The zero-order chi connectivity index (χ0) is 29.6. The molecule has 1 aliphatic carbocycles. The van der Waals surface area contributed by atoms with Gasteiger partial charge in [-0.15, -0.1) is 0 Å². The van der Waals surface area contributed by atoms with Gasteiger partial charge in [0.05, 0.1) is 10.5 Å². The van der Waals surface area contributed by atoms with Crippen LogP contribution in [0.1, 0.15) is 68.1 Å². The van der Waals surface area contributed by atoms with Crippen LogP contribution < -0.4 is 10.6 Å². The van der Waals surface area contributed by atoms with Crippen molar-refractivity contribution in [2.24, 2.45) is 5.92 Å². The topological polar surface area (TPSA) is 95.6 Å². The standard InChI is InChI=1S/C30H38F3N3O4S/c1-21-13-15-22(16-14-21)18-26(28(37)34-20-23-8-3-2-4-9-23)35-29(38)27-12-5-6-17-36(27)41(39,40)25-11-7-10-24(19-25)30(31,32)33/h7,10-11,13-16,19,23,26-27H,2-6,8-9,12,17-18,20H2,1H3,(H,34,37)(H,35,38)/t26-,27-/m0/s1. The highest BCUT2D eigenvalue weighted by Gasteiger charge is 2.40. The molecule has 2 aromatic carbocycles. The number of benzene rings is 2. The fourth-order valence-corrected chi connectivity index (χ4v) is 7.32. The molecule has 41 heavy (non-hydrogen) atoms. The number of alkyl halides is 3. The largest absolute Gasteiger partial charge is 0.416 e. The quantitative estimate of drug-likeness (QED) is 0.429. The molecular weight excluding hydrogens is 555 g/mol. The van der Waals surface area contributed by atoms with E-state index in [4.69, 9.17) is 0 Å². The summed E-state index contributed by atoms with van der Waals surface area (Å²) in [6, 6.07) is 9.07. The molecule has 2 aliphatic rings. The third-order valence-electron chi connectivity index (χ3n) is 8.01. The van der Waals surface area contributed by atoms with Crippen molar-refractivity contribution in [2.45, 2.75) is 87.9 Å². The predicted molar refractivity (Wildman–Crippen MR) is 149 cm³/mol. The van der Waals surface area contributed by atoms with Crippen molar-refractivity contribution in [1.29, 1.82) is 0 Å². The third kappa shape index (κ3) is 8.09. The zero-order valence-electron chi connectivity index (χ0n) is 23.3. The summed E-state index contributed by atoms with van der Waals surface area (Å²) in [5, 5.41) is 5.78. The Morgan fingerprint density at radius 2 is 1.66 bits per heavy atom.